The molecule has 0 aliphatic heterocycles. The Labute approximate surface area is 135 Å². The summed E-state index contributed by atoms with van der Waals surface area (Å²) < 4.78 is 4.84. The summed E-state index contributed by atoms with van der Waals surface area (Å²) >= 11 is 0. The number of ether oxygens (including phenoxy) is 1. The maximum Gasteiger partial charge on any atom is 0.397 e. The van der Waals surface area contributed by atoms with Crippen LogP contribution >= 0.6 is 0 Å². The zero-order chi connectivity index (χ0) is 16.7. The first kappa shape index (κ1) is 16.7. The van der Waals surface area contributed by atoms with Gasteiger partial charge >= 0.3 is 11.9 Å². The monoisotopic (exact) mass is 312 g/mol. The van der Waals surface area contributed by atoms with Gasteiger partial charge in [-0.1, -0.05) is 30.3 Å². The fraction of sp³-hybridized carbons (Fsp3) is 0.278. The highest BCUT2D eigenvalue weighted by atomic mass is 16.5. The van der Waals surface area contributed by atoms with Crippen molar-refractivity contribution < 1.29 is 14.3 Å². The molecule has 120 valence electrons. The summed E-state index contributed by atoms with van der Waals surface area (Å²) in [4.78, 5) is 29.9. The number of rotatable bonds is 5. The van der Waals surface area contributed by atoms with Crippen LogP contribution in [0.3, 0.4) is 0 Å². The van der Waals surface area contributed by atoms with E-state index in [1.165, 1.54) is 4.90 Å². The van der Waals surface area contributed by atoms with E-state index in [2.05, 4.69) is 4.98 Å². The normalized spacial score (nSPS) is 10.2. The van der Waals surface area contributed by atoms with Gasteiger partial charge in [0.15, 0.2) is 0 Å². The largest absolute Gasteiger partial charge is 0.459 e. The molecule has 0 fully saturated rings. The topological polar surface area (TPSA) is 59.5 Å². The van der Waals surface area contributed by atoms with Gasteiger partial charge in [0.25, 0.3) is 0 Å². The molecule has 0 aliphatic rings. The second-order valence-corrected chi connectivity index (χ2v) is 5.13. The van der Waals surface area contributed by atoms with Crippen molar-refractivity contribution in [3.8, 4) is 0 Å². The Hall–Kier alpha value is -2.69. The lowest BCUT2D eigenvalue weighted by atomic mass is 10.1. The van der Waals surface area contributed by atoms with Crippen molar-refractivity contribution in [3.63, 3.8) is 0 Å². The first-order chi connectivity index (χ1) is 11.1. The van der Waals surface area contributed by atoms with Crippen molar-refractivity contribution in [2.45, 2.75) is 26.9 Å². The molecular weight excluding hydrogens is 292 g/mol. The van der Waals surface area contributed by atoms with Crippen molar-refractivity contribution in [2.75, 3.05) is 6.61 Å². The average Bonchev–Trinajstić information content (AvgIpc) is 2.56. The van der Waals surface area contributed by atoms with Crippen molar-refractivity contribution in [1.82, 2.24) is 9.88 Å². The third kappa shape index (κ3) is 4.64. The lowest BCUT2D eigenvalue weighted by Crippen LogP contribution is -2.37. The highest BCUT2D eigenvalue weighted by Crippen LogP contribution is 2.13. The molecule has 2 aromatic rings. The van der Waals surface area contributed by atoms with Crippen LogP contribution in [-0.2, 0) is 27.4 Å². The predicted molar refractivity (Wildman–Crippen MR) is 86.3 cm³/mol. The Morgan fingerprint density at radius 1 is 1.09 bits per heavy atom. The van der Waals surface area contributed by atoms with Crippen molar-refractivity contribution in [2.24, 2.45) is 0 Å². The van der Waals surface area contributed by atoms with Crippen LogP contribution in [0.1, 0.15) is 23.7 Å². The second-order valence-electron chi connectivity index (χ2n) is 5.13. The number of carbonyl (C=O) groups excluding carboxylic acids is 2. The predicted octanol–water partition coefficient (Wildman–Crippen LogP) is 2.48. The molecule has 5 heteroatoms. The smallest absolute Gasteiger partial charge is 0.397 e. The van der Waals surface area contributed by atoms with Crippen LogP contribution in [0.5, 0.6) is 0 Å². The molecule has 0 bridgehead atoms. The molecule has 2 rings (SSSR count). The molecule has 0 saturated carbocycles. The molecule has 0 aliphatic carbocycles. The van der Waals surface area contributed by atoms with Gasteiger partial charge in [0.05, 0.1) is 18.8 Å². The van der Waals surface area contributed by atoms with E-state index in [0.717, 1.165) is 16.8 Å². The van der Waals surface area contributed by atoms with Gasteiger partial charge < -0.3 is 9.64 Å². The summed E-state index contributed by atoms with van der Waals surface area (Å²) in [6.07, 6.45) is 1.66. The van der Waals surface area contributed by atoms with E-state index in [0.29, 0.717) is 6.54 Å². The Morgan fingerprint density at radius 3 is 2.48 bits per heavy atom. The van der Waals surface area contributed by atoms with E-state index < -0.39 is 11.9 Å². The summed E-state index contributed by atoms with van der Waals surface area (Å²) in [5.41, 5.74) is 2.77. The summed E-state index contributed by atoms with van der Waals surface area (Å²) in [6, 6.07) is 13.3. The highest BCUT2D eigenvalue weighted by Gasteiger charge is 2.24. The quantitative estimate of drug-likeness (QED) is 0.628. The Balaban J connectivity index is 2.22. The number of esters is 1. The van der Waals surface area contributed by atoms with E-state index in [1.54, 1.807) is 13.1 Å². The Morgan fingerprint density at radius 2 is 1.83 bits per heavy atom. The van der Waals surface area contributed by atoms with Crippen LogP contribution in [0.4, 0.5) is 0 Å². The number of aryl methyl sites for hydroxylation is 1. The van der Waals surface area contributed by atoms with Crippen LogP contribution in [0, 0.1) is 6.92 Å². The number of hydrogen-bond acceptors (Lipinski definition) is 4. The fourth-order valence-corrected chi connectivity index (χ4v) is 2.20. The highest BCUT2D eigenvalue weighted by molar-refractivity contribution is 6.32. The number of nitrogens with zero attached hydrogens (tertiary/aromatic N) is 2. The van der Waals surface area contributed by atoms with Crippen LogP contribution in [0.2, 0.25) is 0 Å². The zero-order valence-corrected chi connectivity index (χ0v) is 13.4. The van der Waals surface area contributed by atoms with E-state index in [9.17, 15) is 9.59 Å². The van der Waals surface area contributed by atoms with E-state index in [1.807, 2.05) is 49.4 Å². The Kier molecular flexibility index (Phi) is 5.86. The van der Waals surface area contributed by atoms with Crippen molar-refractivity contribution in [1.29, 1.82) is 0 Å². The molecule has 1 heterocycles. The second kappa shape index (κ2) is 8.08. The lowest BCUT2D eigenvalue weighted by Gasteiger charge is -2.22. The molecule has 0 radical (unpaired) electrons. The third-order valence-corrected chi connectivity index (χ3v) is 3.44. The molecule has 1 aromatic heterocycles. The minimum absolute atomic E-state index is 0.173. The summed E-state index contributed by atoms with van der Waals surface area (Å²) in [7, 11) is 0. The molecule has 23 heavy (non-hydrogen) atoms. The summed E-state index contributed by atoms with van der Waals surface area (Å²) in [5.74, 6) is -1.49. The molecular formula is C18H20N2O3. The molecule has 0 spiro atoms. The maximum absolute atomic E-state index is 12.4. The SMILES string of the molecule is CCOC(=O)C(=O)N(Cc1ccccn1)Cc1ccccc1C. The van der Waals surface area contributed by atoms with Crippen LogP contribution in [0.15, 0.2) is 48.7 Å². The summed E-state index contributed by atoms with van der Waals surface area (Å²) in [5, 5.41) is 0. The molecule has 1 aromatic carbocycles. The van der Waals surface area contributed by atoms with Gasteiger partial charge in [-0.05, 0) is 37.1 Å². The number of pyridine rings is 1. The maximum atomic E-state index is 12.4. The van der Waals surface area contributed by atoms with Crippen molar-refractivity contribution in [3.05, 3.63) is 65.5 Å². The zero-order valence-electron chi connectivity index (χ0n) is 13.4. The van der Waals surface area contributed by atoms with Crippen LogP contribution in [-0.4, -0.2) is 28.4 Å². The molecule has 0 N–H and O–H groups in total. The molecule has 5 nitrogen and oxygen atoms in total. The van der Waals surface area contributed by atoms with Gasteiger partial charge in [0.1, 0.15) is 0 Å². The minimum Gasteiger partial charge on any atom is -0.459 e. The summed E-state index contributed by atoms with van der Waals surface area (Å²) in [6.45, 7) is 4.42. The number of aromatic nitrogens is 1. The Bertz CT molecular complexity index is 671. The molecule has 0 unspecified atom stereocenters. The van der Waals surface area contributed by atoms with Crippen LogP contribution < -0.4 is 0 Å². The third-order valence-electron chi connectivity index (χ3n) is 3.44. The first-order valence-electron chi connectivity index (χ1n) is 7.52. The van der Waals surface area contributed by atoms with E-state index in [-0.39, 0.29) is 13.2 Å². The van der Waals surface area contributed by atoms with Gasteiger partial charge in [-0.2, -0.15) is 0 Å². The number of benzene rings is 1. The number of carbonyl (C=O) groups is 2. The number of amides is 1. The van der Waals surface area contributed by atoms with Gasteiger partial charge in [0, 0.05) is 12.7 Å². The van der Waals surface area contributed by atoms with Crippen molar-refractivity contribution >= 4 is 11.9 Å². The molecule has 0 atom stereocenters. The van der Waals surface area contributed by atoms with Gasteiger partial charge in [0.2, 0.25) is 0 Å². The van der Waals surface area contributed by atoms with Gasteiger partial charge in [-0.15, -0.1) is 0 Å². The molecule has 0 saturated heterocycles. The van der Waals surface area contributed by atoms with Gasteiger partial charge in [-0.3, -0.25) is 9.78 Å². The number of hydrogen-bond donors (Lipinski definition) is 0. The standard InChI is InChI=1S/C18H20N2O3/c1-3-23-18(22)17(21)20(13-16-10-6-7-11-19-16)12-15-9-5-4-8-14(15)2/h4-11H,3,12-13H2,1-2H3. The van der Waals surface area contributed by atoms with Gasteiger partial charge in [-0.25, -0.2) is 4.79 Å². The average molecular weight is 312 g/mol. The van der Waals surface area contributed by atoms with Crippen LogP contribution in [0.25, 0.3) is 0 Å². The van der Waals surface area contributed by atoms with E-state index >= 15 is 0 Å². The lowest BCUT2D eigenvalue weighted by molar-refractivity contribution is -0.160. The fourth-order valence-electron chi connectivity index (χ4n) is 2.20. The van der Waals surface area contributed by atoms with E-state index in [4.69, 9.17) is 4.74 Å². The molecule has 1 amide bonds. The first-order valence-corrected chi connectivity index (χ1v) is 7.52. The minimum atomic E-state index is -0.836.